The molecule has 4 aromatic heterocycles. The maximum atomic E-state index is 5.11. The molecule has 4 heterocycles. The predicted octanol–water partition coefficient (Wildman–Crippen LogP) is 3.47. The van der Waals surface area contributed by atoms with Gasteiger partial charge < -0.3 is 4.74 Å². The van der Waals surface area contributed by atoms with Gasteiger partial charge >= 0.3 is 0 Å². The minimum absolute atomic E-state index is 0.637. The second-order valence-electron chi connectivity index (χ2n) is 6.78. The molecule has 0 bridgehead atoms. The van der Waals surface area contributed by atoms with E-state index in [9.17, 15) is 0 Å². The maximum absolute atomic E-state index is 5.11. The molecule has 1 N–H and O–H groups in total. The zero-order valence-electron chi connectivity index (χ0n) is 15.5. The van der Waals surface area contributed by atoms with Crippen LogP contribution in [-0.2, 0) is 17.8 Å². The summed E-state index contributed by atoms with van der Waals surface area (Å²) in [7, 11) is 1.69. The van der Waals surface area contributed by atoms with Crippen LogP contribution in [0.4, 0.5) is 0 Å². The van der Waals surface area contributed by atoms with E-state index in [0.29, 0.717) is 6.61 Å². The molecule has 7 heteroatoms. The van der Waals surface area contributed by atoms with Crippen molar-refractivity contribution in [2.45, 2.75) is 13.1 Å². The van der Waals surface area contributed by atoms with E-state index in [1.165, 1.54) is 5.56 Å². The lowest BCUT2D eigenvalue weighted by molar-refractivity contribution is 0.183. The Balaban J connectivity index is 1.41. The van der Waals surface area contributed by atoms with Crippen LogP contribution in [0.5, 0.6) is 0 Å². The first-order valence-electron chi connectivity index (χ1n) is 9.21. The van der Waals surface area contributed by atoms with Crippen LogP contribution in [-0.4, -0.2) is 43.2 Å². The topological polar surface area (TPSA) is 73.5 Å². The van der Waals surface area contributed by atoms with E-state index in [4.69, 9.17) is 9.72 Å². The lowest BCUT2D eigenvalue weighted by Crippen LogP contribution is -2.13. The van der Waals surface area contributed by atoms with Gasteiger partial charge in [0.15, 0.2) is 5.65 Å². The molecule has 5 aromatic rings. The predicted molar refractivity (Wildman–Crippen MR) is 108 cm³/mol. The number of nitrogens with one attached hydrogen (secondary N) is 1. The summed E-state index contributed by atoms with van der Waals surface area (Å²) in [6.07, 6.45) is 5.66. The third kappa shape index (κ3) is 3.05. The molecule has 28 heavy (non-hydrogen) atoms. The molecule has 140 valence electrons. The molecule has 5 rings (SSSR count). The Morgan fingerprint density at radius 1 is 1.14 bits per heavy atom. The number of rotatable bonds is 6. The number of methoxy groups -OCH3 is 1. The van der Waals surface area contributed by atoms with Crippen molar-refractivity contribution in [1.82, 2.24) is 29.5 Å². The van der Waals surface area contributed by atoms with E-state index in [1.807, 2.05) is 35.4 Å². The summed E-state index contributed by atoms with van der Waals surface area (Å²) in [4.78, 5) is 9.21. The number of nitrogens with zero attached hydrogens (tertiary/aromatic N) is 5. The van der Waals surface area contributed by atoms with Gasteiger partial charge in [-0.1, -0.05) is 12.1 Å². The van der Waals surface area contributed by atoms with E-state index >= 15 is 0 Å². The van der Waals surface area contributed by atoms with Crippen molar-refractivity contribution >= 4 is 22.1 Å². The summed E-state index contributed by atoms with van der Waals surface area (Å²) >= 11 is 0. The van der Waals surface area contributed by atoms with Crippen molar-refractivity contribution in [3.8, 4) is 11.3 Å². The normalized spacial score (nSPS) is 11.6. The summed E-state index contributed by atoms with van der Waals surface area (Å²) < 4.78 is 9.04. The highest BCUT2D eigenvalue weighted by molar-refractivity contribution is 5.79. The van der Waals surface area contributed by atoms with Crippen LogP contribution in [0.3, 0.4) is 0 Å². The monoisotopic (exact) mass is 372 g/mol. The van der Waals surface area contributed by atoms with Gasteiger partial charge in [-0.2, -0.15) is 5.10 Å². The number of aromatic nitrogens is 6. The first-order valence-corrected chi connectivity index (χ1v) is 9.21. The molecule has 0 aliphatic carbocycles. The molecular weight excluding hydrogens is 352 g/mol. The second kappa shape index (κ2) is 6.94. The number of pyridine rings is 2. The number of H-pyrrole nitrogens is 1. The van der Waals surface area contributed by atoms with Crippen LogP contribution in [0, 0.1) is 0 Å². The Hall–Kier alpha value is -3.45. The van der Waals surface area contributed by atoms with Gasteiger partial charge in [0, 0.05) is 30.5 Å². The van der Waals surface area contributed by atoms with Crippen LogP contribution >= 0.6 is 0 Å². The molecule has 7 nitrogen and oxygen atoms in total. The molecule has 0 radical (unpaired) electrons. The average Bonchev–Trinajstić information content (AvgIpc) is 3.19. The molecular formula is C21H20N6O. The zero-order chi connectivity index (χ0) is 18.9. The van der Waals surface area contributed by atoms with Crippen LogP contribution < -0.4 is 0 Å². The number of aromatic amines is 1. The molecule has 0 fully saturated rings. The van der Waals surface area contributed by atoms with Crippen molar-refractivity contribution in [3.05, 3.63) is 66.6 Å². The van der Waals surface area contributed by atoms with Crippen molar-refractivity contribution in [3.63, 3.8) is 0 Å². The van der Waals surface area contributed by atoms with Gasteiger partial charge in [-0.05, 0) is 35.9 Å². The van der Waals surface area contributed by atoms with Crippen LogP contribution in [0.2, 0.25) is 0 Å². The molecule has 1 aromatic carbocycles. The van der Waals surface area contributed by atoms with Crippen molar-refractivity contribution < 1.29 is 4.74 Å². The second-order valence-corrected chi connectivity index (χ2v) is 6.78. The van der Waals surface area contributed by atoms with Gasteiger partial charge in [0.25, 0.3) is 0 Å². The quantitative estimate of drug-likeness (QED) is 0.495. The van der Waals surface area contributed by atoms with E-state index in [1.54, 1.807) is 7.11 Å². The van der Waals surface area contributed by atoms with Crippen molar-refractivity contribution in [2.24, 2.45) is 0 Å². The zero-order valence-corrected chi connectivity index (χ0v) is 15.5. The Bertz CT molecular complexity index is 1250. The maximum Gasteiger partial charge on any atom is 0.173 e. The Morgan fingerprint density at radius 3 is 3.04 bits per heavy atom. The molecule has 0 aliphatic heterocycles. The SMILES string of the molecule is COCCn1cc(-c2ccc3[nH]n(Cc4ccc5ncccc5c4)c3n2)cn1. The molecule has 0 spiro atoms. The molecule has 0 unspecified atom stereocenters. The number of hydrogen-bond acceptors (Lipinski definition) is 4. The fourth-order valence-corrected chi connectivity index (χ4v) is 3.37. The highest BCUT2D eigenvalue weighted by atomic mass is 16.5. The third-order valence-corrected chi connectivity index (χ3v) is 4.85. The first kappa shape index (κ1) is 16.7. The van der Waals surface area contributed by atoms with Gasteiger partial charge in [0.1, 0.15) is 0 Å². The number of hydrogen-bond donors (Lipinski definition) is 1. The molecule has 0 aliphatic rings. The summed E-state index contributed by atoms with van der Waals surface area (Å²) in [5.41, 5.74) is 6.12. The summed E-state index contributed by atoms with van der Waals surface area (Å²) in [6.45, 7) is 2.10. The van der Waals surface area contributed by atoms with Gasteiger partial charge in [-0.25, -0.2) is 4.98 Å². The van der Waals surface area contributed by atoms with Crippen molar-refractivity contribution in [2.75, 3.05) is 13.7 Å². The standard InChI is InChI=1S/C21H20N6O/c1-28-10-9-26-14-17(12-23-26)19-6-7-20-21(24-19)27(25-20)13-15-4-5-18-16(11-15)3-2-8-22-18/h2-8,11-12,14,25H,9-10,13H2,1H3. The lowest BCUT2D eigenvalue weighted by atomic mass is 10.1. The first-order chi connectivity index (χ1) is 13.8. The van der Waals surface area contributed by atoms with E-state index in [-0.39, 0.29) is 0 Å². The smallest absolute Gasteiger partial charge is 0.173 e. The van der Waals surface area contributed by atoms with Crippen LogP contribution in [0.1, 0.15) is 5.56 Å². The van der Waals surface area contributed by atoms with Crippen LogP contribution in [0.15, 0.2) is 61.1 Å². The Kier molecular flexibility index (Phi) is 4.14. The number of fused-ring (bicyclic) bond motifs is 2. The number of ether oxygens (including phenoxy) is 1. The lowest BCUT2D eigenvalue weighted by Gasteiger charge is -2.16. The third-order valence-electron chi connectivity index (χ3n) is 4.85. The van der Waals surface area contributed by atoms with E-state index in [2.05, 4.69) is 50.2 Å². The molecule has 0 saturated heterocycles. The van der Waals surface area contributed by atoms with Gasteiger partial charge in [0.05, 0.1) is 42.6 Å². The van der Waals surface area contributed by atoms with Crippen molar-refractivity contribution in [1.29, 1.82) is 0 Å². The highest BCUT2D eigenvalue weighted by Gasteiger charge is 2.11. The molecule has 0 atom stereocenters. The minimum Gasteiger partial charge on any atom is -0.383 e. The van der Waals surface area contributed by atoms with Crippen LogP contribution in [0.25, 0.3) is 33.3 Å². The average molecular weight is 372 g/mol. The fraction of sp³-hybridized carbons (Fsp3) is 0.190. The largest absolute Gasteiger partial charge is 0.383 e. The number of benzene rings is 1. The Labute approximate surface area is 161 Å². The highest BCUT2D eigenvalue weighted by Crippen LogP contribution is 2.22. The molecule has 0 saturated carbocycles. The van der Waals surface area contributed by atoms with Gasteiger partial charge in [0.2, 0.25) is 0 Å². The van der Waals surface area contributed by atoms with Gasteiger partial charge in [-0.3, -0.25) is 19.4 Å². The fourth-order valence-electron chi connectivity index (χ4n) is 3.37. The van der Waals surface area contributed by atoms with Gasteiger partial charge in [-0.15, -0.1) is 0 Å². The minimum atomic E-state index is 0.637. The summed E-state index contributed by atoms with van der Waals surface area (Å²) in [6, 6.07) is 14.5. The Morgan fingerprint density at radius 2 is 2.11 bits per heavy atom. The summed E-state index contributed by atoms with van der Waals surface area (Å²) in [5.74, 6) is 0. The van der Waals surface area contributed by atoms with E-state index in [0.717, 1.165) is 46.4 Å². The summed E-state index contributed by atoms with van der Waals surface area (Å²) in [5, 5.41) is 8.87. The van der Waals surface area contributed by atoms with E-state index < -0.39 is 0 Å². The molecule has 0 amide bonds.